The van der Waals surface area contributed by atoms with Crippen LogP contribution in [0.4, 0.5) is 0 Å². The molecule has 2 aromatic rings. The molecule has 0 bridgehead atoms. The molecule has 6 nitrogen and oxygen atoms in total. The third-order valence-electron chi connectivity index (χ3n) is 4.62. The van der Waals surface area contributed by atoms with Gasteiger partial charge in [-0.15, -0.1) is 0 Å². The maximum atomic E-state index is 13.0. The van der Waals surface area contributed by atoms with Crippen molar-refractivity contribution in [3.63, 3.8) is 0 Å². The average molecular weight is 366 g/mol. The van der Waals surface area contributed by atoms with Crippen LogP contribution in [0.1, 0.15) is 23.2 Å². The van der Waals surface area contributed by atoms with Gasteiger partial charge in [-0.2, -0.15) is 0 Å². The molecule has 1 heterocycles. The van der Waals surface area contributed by atoms with Gasteiger partial charge in [0, 0.05) is 18.0 Å². The van der Waals surface area contributed by atoms with Crippen LogP contribution in [-0.2, 0) is 14.4 Å². The van der Waals surface area contributed by atoms with Gasteiger partial charge < -0.3 is 14.5 Å². The van der Waals surface area contributed by atoms with Crippen LogP contribution < -0.4 is 0 Å². The molecule has 27 heavy (non-hydrogen) atoms. The molecule has 1 aliphatic rings. The Morgan fingerprint density at radius 1 is 1.04 bits per heavy atom. The first-order chi connectivity index (χ1) is 13.1. The molecule has 6 heteroatoms. The van der Waals surface area contributed by atoms with Gasteiger partial charge in [-0.25, -0.2) is 0 Å². The minimum atomic E-state index is -0.351. The van der Waals surface area contributed by atoms with Crippen LogP contribution in [-0.4, -0.2) is 49.3 Å². The monoisotopic (exact) mass is 366 g/mol. The number of carbonyl (C=O) groups is 2. The van der Waals surface area contributed by atoms with E-state index in [-0.39, 0.29) is 24.3 Å². The number of nitrogens with zero attached hydrogens (tertiary/aromatic N) is 2. The summed E-state index contributed by atoms with van der Waals surface area (Å²) in [6, 6.07) is 17.2. The minimum Gasteiger partial charge on any atom is -0.469 e. The van der Waals surface area contributed by atoms with E-state index in [1.165, 1.54) is 14.2 Å². The summed E-state index contributed by atoms with van der Waals surface area (Å²) in [5, 5.41) is 3.96. The molecule has 1 aliphatic heterocycles. The van der Waals surface area contributed by atoms with Crippen molar-refractivity contribution in [3.8, 4) is 11.1 Å². The molecule has 0 aliphatic carbocycles. The van der Waals surface area contributed by atoms with Crippen LogP contribution in [0, 0.1) is 0 Å². The van der Waals surface area contributed by atoms with Crippen molar-refractivity contribution < 1.29 is 19.2 Å². The fraction of sp³-hybridized carbons (Fsp3) is 0.286. The number of amides is 1. The summed E-state index contributed by atoms with van der Waals surface area (Å²) in [6.45, 7) is 0.342. The van der Waals surface area contributed by atoms with Crippen LogP contribution >= 0.6 is 0 Å². The average Bonchev–Trinajstić information content (AvgIpc) is 3.10. The van der Waals surface area contributed by atoms with Crippen molar-refractivity contribution in [2.24, 2.45) is 5.16 Å². The van der Waals surface area contributed by atoms with Crippen LogP contribution in [0.2, 0.25) is 0 Å². The number of rotatable bonds is 5. The fourth-order valence-corrected chi connectivity index (χ4v) is 3.27. The lowest BCUT2D eigenvalue weighted by Crippen LogP contribution is -2.37. The lowest BCUT2D eigenvalue weighted by molar-refractivity contribution is -0.141. The number of benzene rings is 2. The molecular weight excluding hydrogens is 344 g/mol. The zero-order valence-corrected chi connectivity index (χ0v) is 15.4. The molecule has 1 saturated heterocycles. The fourth-order valence-electron chi connectivity index (χ4n) is 3.27. The topological polar surface area (TPSA) is 68.2 Å². The molecule has 2 aromatic carbocycles. The van der Waals surface area contributed by atoms with E-state index in [4.69, 9.17) is 9.57 Å². The Bertz CT molecular complexity index is 831. The summed E-state index contributed by atoms with van der Waals surface area (Å²) < 4.78 is 4.76. The van der Waals surface area contributed by atoms with E-state index in [2.05, 4.69) is 5.16 Å². The predicted octanol–water partition coefficient (Wildman–Crippen LogP) is 3.13. The molecule has 0 saturated carbocycles. The Hall–Kier alpha value is -3.15. The van der Waals surface area contributed by atoms with E-state index in [0.29, 0.717) is 18.5 Å². The third kappa shape index (κ3) is 4.34. The number of hydrogen-bond acceptors (Lipinski definition) is 5. The Balaban J connectivity index is 1.80. The van der Waals surface area contributed by atoms with Crippen LogP contribution in [0.5, 0.6) is 0 Å². The lowest BCUT2D eigenvalue weighted by atomic mass is 10.0. The molecule has 0 unspecified atom stereocenters. The largest absolute Gasteiger partial charge is 0.469 e. The predicted molar refractivity (Wildman–Crippen MR) is 102 cm³/mol. The Morgan fingerprint density at radius 2 is 1.70 bits per heavy atom. The number of hydrogen-bond donors (Lipinski definition) is 0. The first-order valence-corrected chi connectivity index (χ1v) is 8.74. The van der Waals surface area contributed by atoms with Crippen LogP contribution in [0.15, 0.2) is 59.8 Å². The zero-order valence-electron chi connectivity index (χ0n) is 15.4. The number of likely N-dealkylation sites (tertiary alicyclic amines) is 1. The van der Waals surface area contributed by atoms with Gasteiger partial charge in [0.1, 0.15) is 7.11 Å². The molecule has 1 fully saturated rings. The number of oxime groups is 1. The van der Waals surface area contributed by atoms with E-state index in [0.717, 1.165) is 16.8 Å². The molecule has 0 aromatic heterocycles. The highest BCUT2D eigenvalue weighted by Crippen LogP contribution is 2.24. The Labute approximate surface area is 158 Å². The van der Waals surface area contributed by atoms with E-state index >= 15 is 0 Å². The number of carbonyl (C=O) groups excluding carboxylic acids is 2. The number of methoxy groups -OCH3 is 1. The van der Waals surface area contributed by atoms with Gasteiger partial charge in [0.25, 0.3) is 5.91 Å². The minimum absolute atomic E-state index is 0.132. The van der Waals surface area contributed by atoms with Gasteiger partial charge in [0.15, 0.2) is 0 Å². The summed E-state index contributed by atoms with van der Waals surface area (Å²) in [5.74, 6) is -0.485. The summed E-state index contributed by atoms with van der Waals surface area (Å²) in [4.78, 5) is 31.2. The van der Waals surface area contributed by atoms with Gasteiger partial charge in [-0.3, -0.25) is 9.59 Å². The molecule has 0 N–H and O–H groups in total. The van der Waals surface area contributed by atoms with Crippen molar-refractivity contribution in [2.45, 2.75) is 18.9 Å². The van der Waals surface area contributed by atoms with E-state index in [1.807, 2.05) is 54.6 Å². The second-order valence-corrected chi connectivity index (χ2v) is 6.35. The van der Waals surface area contributed by atoms with Gasteiger partial charge >= 0.3 is 5.97 Å². The molecule has 3 rings (SSSR count). The SMILES string of the molecule is CON=C1C[C@@H](CC(=O)OC)N(C(=O)c2ccc(-c3ccccc3)cc2)C1. The molecule has 0 radical (unpaired) electrons. The number of ether oxygens (including phenoxy) is 1. The van der Waals surface area contributed by atoms with E-state index in [1.54, 1.807) is 4.90 Å². The Morgan fingerprint density at radius 3 is 2.33 bits per heavy atom. The summed E-state index contributed by atoms with van der Waals surface area (Å²) in [7, 11) is 2.81. The van der Waals surface area contributed by atoms with Crippen molar-refractivity contribution >= 4 is 17.6 Å². The highest BCUT2D eigenvalue weighted by Gasteiger charge is 2.35. The standard InChI is InChI=1S/C21H22N2O4/c1-26-20(24)13-19-12-18(22-27-2)14-23(19)21(25)17-10-8-16(9-11-17)15-6-4-3-5-7-15/h3-11,19H,12-14H2,1-2H3/t19-/m0/s1. The van der Waals surface area contributed by atoms with E-state index < -0.39 is 0 Å². The summed E-state index contributed by atoms with van der Waals surface area (Å²) >= 11 is 0. The van der Waals surface area contributed by atoms with Crippen molar-refractivity contribution in [1.82, 2.24) is 4.90 Å². The smallest absolute Gasteiger partial charge is 0.307 e. The van der Waals surface area contributed by atoms with E-state index in [9.17, 15) is 9.59 Å². The maximum Gasteiger partial charge on any atom is 0.307 e. The van der Waals surface area contributed by atoms with Crippen LogP contribution in [0.3, 0.4) is 0 Å². The molecule has 1 atom stereocenters. The summed E-state index contributed by atoms with van der Waals surface area (Å²) in [6.07, 6.45) is 0.629. The quantitative estimate of drug-likeness (QED) is 0.602. The van der Waals surface area contributed by atoms with Crippen molar-refractivity contribution in [1.29, 1.82) is 0 Å². The molecule has 1 amide bonds. The second kappa shape index (κ2) is 8.49. The third-order valence-corrected chi connectivity index (χ3v) is 4.62. The Kier molecular flexibility index (Phi) is 5.86. The highest BCUT2D eigenvalue weighted by molar-refractivity contribution is 6.01. The lowest BCUT2D eigenvalue weighted by Gasteiger charge is -2.23. The normalized spacial score (nSPS) is 17.8. The highest BCUT2D eigenvalue weighted by atomic mass is 16.6. The van der Waals surface area contributed by atoms with Crippen LogP contribution in [0.25, 0.3) is 11.1 Å². The first-order valence-electron chi connectivity index (χ1n) is 8.74. The van der Waals surface area contributed by atoms with Gasteiger partial charge in [-0.05, 0) is 23.3 Å². The van der Waals surface area contributed by atoms with Gasteiger partial charge in [-0.1, -0.05) is 47.6 Å². The second-order valence-electron chi connectivity index (χ2n) is 6.35. The van der Waals surface area contributed by atoms with Crippen molar-refractivity contribution in [2.75, 3.05) is 20.8 Å². The zero-order chi connectivity index (χ0) is 19.2. The molecule has 140 valence electrons. The maximum absolute atomic E-state index is 13.0. The first kappa shape index (κ1) is 18.6. The molecule has 0 spiro atoms. The summed E-state index contributed by atoms with van der Waals surface area (Å²) in [5.41, 5.74) is 3.45. The van der Waals surface area contributed by atoms with Gasteiger partial charge in [0.05, 0.1) is 25.8 Å². The molecular formula is C21H22N2O4. The van der Waals surface area contributed by atoms with Crippen molar-refractivity contribution in [3.05, 3.63) is 60.2 Å². The number of esters is 1. The van der Waals surface area contributed by atoms with Gasteiger partial charge in [0.2, 0.25) is 0 Å².